The number of aromatic nitrogens is 2. The first-order valence-corrected chi connectivity index (χ1v) is 7.10. The van der Waals surface area contributed by atoms with Crippen molar-refractivity contribution in [1.29, 1.82) is 0 Å². The number of nitrogens with two attached hydrogens (primary N) is 1. The Morgan fingerprint density at radius 3 is 2.48 bits per heavy atom. The fourth-order valence-electron chi connectivity index (χ4n) is 2.74. The average Bonchev–Trinajstić information content (AvgIpc) is 2.48. The van der Waals surface area contributed by atoms with Gasteiger partial charge in [-0.15, -0.1) is 24.8 Å². The van der Waals surface area contributed by atoms with E-state index >= 15 is 0 Å². The highest BCUT2D eigenvalue weighted by molar-refractivity contribution is 6.04. The lowest BCUT2D eigenvalue weighted by molar-refractivity contribution is 0.0927. The van der Waals surface area contributed by atoms with Crippen LogP contribution in [-0.4, -0.2) is 28.0 Å². The Labute approximate surface area is 146 Å². The summed E-state index contributed by atoms with van der Waals surface area (Å²) in [7, 11) is 0. The average molecular weight is 361 g/mol. The van der Waals surface area contributed by atoms with Crippen molar-refractivity contribution in [3.63, 3.8) is 0 Å². The molecule has 0 bridgehead atoms. The van der Waals surface area contributed by atoms with Crippen molar-refractivity contribution in [2.75, 3.05) is 0 Å². The lowest BCUT2D eigenvalue weighted by atomic mass is 9.91. The highest BCUT2D eigenvalue weighted by Gasteiger charge is 2.22. The molecule has 1 saturated carbocycles. The normalized spacial score (nSPS) is 20.3. The molecule has 1 aromatic carbocycles. The van der Waals surface area contributed by atoms with Crippen LogP contribution >= 0.6 is 24.8 Å². The predicted molar refractivity (Wildman–Crippen MR) is 91.7 cm³/mol. The Bertz CT molecular complexity index is 678. The molecule has 0 aliphatic heterocycles. The number of nitrogens with one attached hydrogen (secondary N) is 1. The Kier molecular flexibility index (Phi) is 7.12. The van der Waals surface area contributed by atoms with Gasteiger partial charge >= 0.3 is 0 Å². The summed E-state index contributed by atoms with van der Waals surface area (Å²) in [6, 6.07) is 2.80. The van der Waals surface area contributed by atoms with Crippen LogP contribution in [0.1, 0.15) is 36.0 Å². The number of hydrogen-bond donors (Lipinski definition) is 2. The van der Waals surface area contributed by atoms with E-state index in [0.717, 1.165) is 25.7 Å². The Balaban J connectivity index is 0.00000132. The molecule has 1 heterocycles. The van der Waals surface area contributed by atoms with Crippen LogP contribution in [0.15, 0.2) is 24.5 Å². The highest BCUT2D eigenvalue weighted by atomic mass is 35.5. The van der Waals surface area contributed by atoms with Crippen LogP contribution in [0.2, 0.25) is 0 Å². The third kappa shape index (κ3) is 4.50. The van der Waals surface area contributed by atoms with E-state index < -0.39 is 5.82 Å². The molecule has 8 heteroatoms. The number of carbonyl (C=O) groups is 1. The van der Waals surface area contributed by atoms with Crippen LogP contribution in [0.4, 0.5) is 4.39 Å². The van der Waals surface area contributed by atoms with Crippen molar-refractivity contribution < 1.29 is 9.18 Å². The second-order valence-corrected chi connectivity index (χ2v) is 5.46. The zero-order chi connectivity index (χ0) is 14.8. The van der Waals surface area contributed by atoms with Gasteiger partial charge in [0.15, 0.2) is 0 Å². The molecule has 1 aliphatic carbocycles. The molecular weight excluding hydrogens is 342 g/mol. The van der Waals surface area contributed by atoms with Gasteiger partial charge in [-0.3, -0.25) is 14.8 Å². The maximum absolute atomic E-state index is 13.6. The van der Waals surface area contributed by atoms with Gasteiger partial charge in [0.25, 0.3) is 5.91 Å². The summed E-state index contributed by atoms with van der Waals surface area (Å²) < 4.78 is 13.6. The van der Waals surface area contributed by atoms with Crippen molar-refractivity contribution in [1.82, 2.24) is 15.3 Å². The summed E-state index contributed by atoms with van der Waals surface area (Å²) in [4.78, 5) is 20.6. The number of rotatable bonds is 2. The summed E-state index contributed by atoms with van der Waals surface area (Å²) in [5.74, 6) is -0.792. The van der Waals surface area contributed by atoms with Crippen LogP contribution in [0.5, 0.6) is 0 Å². The lowest BCUT2D eigenvalue weighted by Crippen LogP contribution is -2.40. The number of halogens is 3. The van der Waals surface area contributed by atoms with E-state index in [1.54, 1.807) is 0 Å². The minimum atomic E-state index is -0.487. The summed E-state index contributed by atoms with van der Waals surface area (Å²) in [5.41, 5.74) is 6.89. The second kappa shape index (κ2) is 8.38. The summed E-state index contributed by atoms with van der Waals surface area (Å²) in [6.45, 7) is 0. The molecule has 0 spiro atoms. The molecular formula is C15H19Cl2FN4O. The SMILES string of the molecule is Cl.Cl.NC1CCC(NC(=O)c2cc(F)cc3nccnc23)CC1. The van der Waals surface area contributed by atoms with Crippen LogP contribution in [-0.2, 0) is 0 Å². The van der Waals surface area contributed by atoms with Crippen molar-refractivity contribution in [3.8, 4) is 0 Å². The van der Waals surface area contributed by atoms with Gasteiger partial charge < -0.3 is 11.1 Å². The monoisotopic (exact) mass is 360 g/mol. The smallest absolute Gasteiger partial charge is 0.253 e. The van der Waals surface area contributed by atoms with Gasteiger partial charge in [-0.05, 0) is 31.7 Å². The Morgan fingerprint density at radius 1 is 1.13 bits per heavy atom. The van der Waals surface area contributed by atoms with E-state index in [1.165, 1.54) is 24.5 Å². The largest absolute Gasteiger partial charge is 0.349 e. The van der Waals surface area contributed by atoms with Gasteiger partial charge in [0, 0.05) is 30.5 Å². The van der Waals surface area contributed by atoms with Crippen LogP contribution in [0, 0.1) is 5.82 Å². The first-order chi connectivity index (χ1) is 10.1. The van der Waals surface area contributed by atoms with E-state index in [4.69, 9.17) is 5.73 Å². The van der Waals surface area contributed by atoms with Gasteiger partial charge in [0.2, 0.25) is 0 Å². The third-order valence-corrected chi connectivity index (χ3v) is 3.89. The molecule has 126 valence electrons. The quantitative estimate of drug-likeness (QED) is 0.862. The van der Waals surface area contributed by atoms with Gasteiger partial charge in [0.1, 0.15) is 11.3 Å². The maximum atomic E-state index is 13.6. The highest BCUT2D eigenvalue weighted by Crippen LogP contribution is 2.20. The van der Waals surface area contributed by atoms with Gasteiger partial charge in [-0.1, -0.05) is 0 Å². The molecule has 5 nitrogen and oxygen atoms in total. The van der Waals surface area contributed by atoms with Gasteiger partial charge in [-0.2, -0.15) is 0 Å². The summed E-state index contributed by atoms with van der Waals surface area (Å²) in [5, 5.41) is 2.95. The van der Waals surface area contributed by atoms with Gasteiger partial charge in [-0.25, -0.2) is 4.39 Å². The molecule has 0 saturated heterocycles. The zero-order valence-electron chi connectivity index (χ0n) is 12.4. The van der Waals surface area contributed by atoms with E-state index in [0.29, 0.717) is 11.0 Å². The van der Waals surface area contributed by atoms with Crippen LogP contribution in [0.3, 0.4) is 0 Å². The fraction of sp³-hybridized carbons (Fsp3) is 0.400. The number of amides is 1. The van der Waals surface area contributed by atoms with E-state index in [-0.39, 0.29) is 48.4 Å². The number of benzene rings is 1. The molecule has 2 aromatic rings. The first kappa shape index (κ1) is 19.5. The third-order valence-electron chi connectivity index (χ3n) is 3.89. The number of carbonyl (C=O) groups excluding carboxylic acids is 1. The Morgan fingerprint density at radius 2 is 1.78 bits per heavy atom. The topological polar surface area (TPSA) is 80.9 Å². The molecule has 0 radical (unpaired) electrons. The molecule has 1 aromatic heterocycles. The molecule has 1 aliphatic rings. The number of hydrogen-bond acceptors (Lipinski definition) is 4. The molecule has 0 atom stereocenters. The second-order valence-electron chi connectivity index (χ2n) is 5.46. The first-order valence-electron chi connectivity index (χ1n) is 7.10. The van der Waals surface area contributed by atoms with E-state index in [9.17, 15) is 9.18 Å². The number of fused-ring (bicyclic) bond motifs is 1. The fourth-order valence-corrected chi connectivity index (χ4v) is 2.74. The van der Waals surface area contributed by atoms with Crippen molar-refractivity contribution >= 4 is 41.8 Å². The molecule has 1 amide bonds. The molecule has 0 unspecified atom stereocenters. The zero-order valence-corrected chi connectivity index (χ0v) is 14.0. The molecule has 3 N–H and O–H groups in total. The molecule has 1 fully saturated rings. The minimum Gasteiger partial charge on any atom is -0.349 e. The van der Waals surface area contributed by atoms with E-state index in [2.05, 4.69) is 15.3 Å². The van der Waals surface area contributed by atoms with Crippen LogP contribution < -0.4 is 11.1 Å². The Hall–Kier alpha value is -1.50. The summed E-state index contributed by atoms with van der Waals surface area (Å²) in [6.07, 6.45) is 6.48. The molecule has 23 heavy (non-hydrogen) atoms. The maximum Gasteiger partial charge on any atom is 0.253 e. The minimum absolute atomic E-state index is 0. The van der Waals surface area contributed by atoms with Crippen LogP contribution in [0.25, 0.3) is 11.0 Å². The number of nitrogens with zero attached hydrogens (tertiary/aromatic N) is 2. The lowest BCUT2D eigenvalue weighted by Gasteiger charge is -2.26. The van der Waals surface area contributed by atoms with Crippen molar-refractivity contribution in [3.05, 3.63) is 35.9 Å². The van der Waals surface area contributed by atoms with Crippen molar-refractivity contribution in [2.45, 2.75) is 37.8 Å². The van der Waals surface area contributed by atoms with Gasteiger partial charge in [0.05, 0.1) is 11.1 Å². The molecule has 3 rings (SSSR count). The summed E-state index contributed by atoms with van der Waals surface area (Å²) >= 11 is 0. The van der Waals surface area contributed by atoms with E-state index in [1.807, 2.05) is 0 Å². The predicted octanol–water partition coefficient (Wildman–Crippen LogP) is 2.61. The standard InChI is InChI=1S/C15H17FN4O.2ClH/c16-9-7-12(14-13(8-9)18-5-6-19-14)15(21)20-11-3-1-10(17)2-4-11;;/h5-8,10-11H,1-4,17H2,(H,20,21);2*1H. The van der Waals surface area contributed by atoms with Crippen molar-refractivity contribution in [2.24, 2.45) is 5.73 Å².